The van der Waals surface area contributed by atoms with Gasteiger partial charge in [0.15, 0.2) is 17.5 Å². The number of carbonyl (C=O) groups excluding carboxylic acids is 2. The highest BCUT2D eigenvalue weighted by Gasteiger charge is 2.60. The van der Waals surface area contributed by atoms with E-state index >= 15 is 0 Å². The molecule has 0 radical (unpaired) electrons. The maximum Gasteiger partial charge on any atom is 0.303 e. The molecule has 12 heteroatoms. The van der Waals surface area contributed by atoms with E-state index in [1.807, 2.05) is 4.90 Å². The Morgan fingerprint density at radius 2 is 1.69 bits per heavy atom. The quantitative estimate of drug-likeness (QED) is 0.130. The fourth-order valence-corrected chi connectivity index (χ4v) is 22.9. The van der Waals surface area contributed by atoms with Gasteiger partial charge in [0, 0.05) is 84.9 Å². The number of aliphatic hydroxyl groups excluding tert-OH is 1. The summed E-state index contributed by atoms with van der Waals surface area (Å²) in [6.07, 6.45) is 27.8. The fourth-order valence-electron chi connectivity index (χ4n) is 19.0. The number of hydrogen-bond donors (Lipinski definition) is 4. The SMILES string of the molecule is CC(=O)OC12CC(O)C3C4CCC(CC4)CSSC4(CCCC45CCCC5)NC(N)=NCC4CCC(c5ccccc5)C45CC(=O)N(Cc4cc(c6c(c4O)OC47C=CC6CC4CCC7)CC1CCC3C2)C5. The zero-order valence-corrected chi connectivity index (χ0v) is 44.4. The molecule has 10 nitrogen and oxygen atoms in total. The Balaban J connectivity index is 0.897. The van der Waals surface area contributed by atoms with Crippen LogP contribution in [0.1, 0.15) is 182 Å². The van der Waals surface area contributed by atoms with Crippen molar-refractivity contribution in [2.75, 3.05) is 18.8 Å². The van der Waals surface area contributed by atoms with E-state index in [2.05, 4.69) is 75.5 Å². The molecule has 12 atom stereocenters. The van der Waals surface area contributed by atoms with Crippen LogP contribution in [0.3, 0.4) is 0 Å². The molecular weight excluding hydrogens is 937 g/mol. The van der Waals surface area contributed by atoms with Gasteiger partial charge in [-0.2, -0.15) is 0 Å². The van der Waals surface area contributed by atoms with E-state index in [0.29, 0.717) is 67.7 Å². The first-order valence-electron chi connectivity index (χ1n) is 28.8. The maximum atomic E-state index is 14.9. The molecule has 12 bridgehead atoms. The van der Waals surface area contributed by atoms with Gasteiger partial charge in [-0.25, -0.2) is 0 Å². The molecule has 7 aliphatic heterocycles. The summed E-state index contributed by atoms with van der Waals surface area (Å²) in [4.78, 5) is 35.4. The zero-order chi connectivity index (χ0) is 49.0. The van der Waals surface area contributed by atoms with Crippen LogP contribution >= 0.6 is 21.6 Å². The van der Waals surface area contributed by atoms with Crippen LogP contribution in [0.4, 0.5) is 0 Å². The Kier molecular flexibility index (Phi) is 12.4. The van der Waals surface area contributed by atoms with Crippen molar-refractivity contribution < 1.29 is 29.3 Å². The number of aliphatic hydroxyl groups is 1. The predicted molar refractivity (Wildman–Crippen MR) is 285 cm³/mol. The van der Waals surface area contributed by atoms with E-state index in [0.717, 1.165) is 99.5 Å². The average Bonchev–Trinajstić information content (AvgIpc) is 4.18. The van der Waals surface area contributed by atoms with Gasteiger partial charge in [-0.3, -0.25) is 14.6 Å². The lowest BCUT2D eigenvalue weighted by Gasteiger charge is -2.56. The first-order valence-corrected chi connectivity index (χ1v) is 31.1. The van der Waals surface area contributed by atoms with Gasteiger partial charge >= 0.3 is 5.97 Å². The van der Waals surface area contributed by atoms with Gasteiger partial charge < -0.3 is 35.6 Å². The van der Waals surface area contributed by atoms with Crippen LogP contribution in [0.5, 0.6) is 11.5 Å². The zero-order valence-electron chi connectivity index (χ0n) is 42.8. The smallest absolute Gasteiger partial charge is 0.303 e. The first kappa shape index (κ1) is 48.3. The number of aromatic hydroxyl groups is 1. The summed E-state index contributed by atoms with van der Waals surface area (Å²) in [5.74, 6) is 4.79. The third-order valence-corrected chi connectivity index (χ3v) is 25.6. The highest BCUT2D eigenvalue weighted by atomic mass is 33.1. The molecule has 1 saturated heterocycles. The number of carbonyl (C=O) groups is 2. The van der Waals surface area contributed by atoms with E-state index in [9.17, 15) is 19.8 Å². The molecule has 7 heterocycles. The molecule has 2 aromatic rings. The average molecular weight is 1020 g/mol. The number of aliphatic imine (C=N–C) groups is 1. The van der Waals surface area contributed by atoms with Crippen molar-refractivity contribution in [1.82, 2.24) is 10.2 Å². The van der Waals surface area contributed by atoms with E-state index in [-0.39, 0.29) is 69.5 Å². The van der Waals surface area contributed by atoms with Gasteiger partial charge in [-0.05, 0) is 181 Å². The molecule has 72 heavy (non-hydrogen) atoms. The molecule has 5 N–H and O–H groups in total. The first-order chi connectivity index (χ1) is 34.9. The summed E-state index contributed by atoms with van der Waals surface area (Å²) < 4.78 is 13.9. The lowest BCUT2D eigenvalue weighted by molar-refractivity contribution is -0.199. The maximum absolute atomic E-state index is 14.9. The second-order valence-corrected chi connectivity index (χ2v) is 28.3. The van der Waals surface area contributed by atoms with Gasteiger partial charge in [0.05, 0.1) is 6.10 Å². The minimum absolute atomic E-state index is 0.00256. The predicted octanol–water partition coefficient (Wildman–Crippen LogP) is 11.5. The number of hydrogen-bond acceptors (Lipinski definition) is 11. The lowest BCUT2D eigenvalue weighted by Crippen LogP contribution is -2.58. The van der Waals surface area contributed by atoms with E-state index < -0.39 is 17.3 Å². The Morgan fingerprint density at radius 3 is 2.51 bits per heavy atom. The van der Waals surface area contributed by atoms with Gasteiger partial charge in [0.2, 0.25) is 5.91 Å². The van der Waals surface area contributed by atoms with Crippen LogP contribution in [-0.2, 0) is 27.3 Å². The van der Waals surface area contributed by atoms with Crippen LogP contribution in [0.25, 0.3) is 0 Å². The molecule has 12 unspecified atom stereocenters. The number of rotatable bonds is 2. The third kappa shape index (κ3) is 7.90. The Bertz CT molecular complexity index is 2480. The van der Waals surface area contributed by atoms with E-state index in [1.54, 1.807) is 6.92 Å². The summed E-state index contributed by atoms with van der Waals surface area (Å²) in [5, 5.41) is 29.2. The van der Waals surface area contributed by atoms with Crippen molar-refractivity contribution >= 4 is 39.4 Å². The van der Waals surface area contributed by atoms with Crippen LogP contribution in [0.15, 0.2) is 53.5 Å². The van der Waals surface area contributed by atoms with Crippen LogP contribution in [-0.4, -0.2) is 74.0 Å². The minimum Gasteiger partial charge on any atom is -0.504 e. The number of phenols is 1. The minimum atomic E-state index is -0.769. The summed E-state index contributed by atoms with van der Waals surface area (Å²) >= 11 is 0. The lowest BCUT2D eigenvalue weighted by atomic mass is 9.54. The number of allylic oxidation sites excluding steroid dienone is 1. The highest BCUT2D eigenvalue weighted by molar-refractivity contribution is 8.77. The van der Waals surface area contributed by atoms with Crippen LogP contribution in [0, 0.1) is 52.3 Å². The molecule has 8 fully saturated rings. The molecule has 15 aliphatic rings. The number of nitrogens with two attached hydrogens (primary N) is 1. The van der Waals surface area contributed by atoms with Crippen LogP contribution in [0.2, 0.25) is 0 Å². The normalized spacial score (nSPS) is 42.0. The van der Waals surface area contributed by atoms with Gasteiger partial charge in [0.1, 0.15) is 16.1 Å². The molecule has 2 aromatic carbocycles. The van der Waals surface area contributed by atoms with E-state index in [1.165, 1.54) is 56.9 Å². The number of nitrogens with zero attached hydrogens (tertiary/aromatic N) is 2. The number of benzene rings is 2. The Labute approximate surface area is 436 Å². The van der Waals surface area contributed by atoms with Crippen molar-refractivity contribution in [3.8, 4) is 11.5 Å². The molecule has 4 spiro atoms. The summed E-state index contributed by atoms with van der Waals surface area (Å²) in [6.45, 7) is 3.00. The van der Waals surface area contributed by atoms with Crippen molar-refractivity contribution in [2.24, 2.45) is 63.0 Å². The second kappa shape index (κ2) is 18.4. The fraction of sp³-hybridized carbons (Fsp3) is 0.717. The molecular formula is C60H80N4O6S2. The summed E-state index contributed by atoms with van der Waals surface area (Å²) in [6, 6.07) is 13.0. The number of phenolic OH excluding ortho intramolecular Hbond substituents is 1. The standard InChI is InChI=1S/C60H80N4O6S2/c1-37(65)69-59-30-42-16-17-46(59)29-43-27-44(53(68)54-52(43)41-20-26-58(70-54)24-7-11-45(58)28-41)34-64-36-57(32-50(64)67)47(18-19-48(57)39-9-3-2-4-10-39)33-62-55(61)63-60(25-8-23-56(60)21-5-6-22-56)72-71-35-38-12-14-40(15-13-38)51(42)49(66)31-59/h2-4,9-10,20,26-27,38,40-42,45-49,51,66,68H,5-8,11-19,21-25,28-36H2,1H3,(H3,61,62,63). The second-order valence-electron chi connectivity index (χ2n) is 25.6. The van der Waals surface area contributed by atoms with Gasteiger partial charge in [-0.1, -0.05) is 70.8 Å². The number of guanidine groups is 1. The monoisotopic (exact) mass is 1020 g/mol. The van der Waals surface area contributed by atoms with Crippen molar-refractivity contribution in [1.29, 1.82) is 0 Å². The number of nitrogens with one attached hydrogen (secondary N) is 1. The summed E-state index contributed by atoms with van der Waals surface area (Å²) in [5.41, 5.74) is 10.0. The molecule has 0 aromatic heterocycles. The van der Waals surface area contributed by atoms with Crippen molar-refractivity contribution in [3.63, 3.8) is 0 Å². The van der Waals surface area contributed by atoms with E-state index in [4.69, 9.17) is 20.2 Å². The van der Waals surface area contributed by atoms with Crippen molar-refractivity contribution in [2.45, 2.75) is 195 Å². The molecule has 8 aliphatic carbocycles. The molecule has 388 valence electrons. The van der Waals surface area contributed by atoms with Crippen LogP contribution < -0.4 is 15.8 Å². The topological polar surface area (TPSA) is 147 Å². The Morgan fingerprint density at radius 1 is 0.903 bits per heavy atom. The van der Waals surface area contributed by atoms with Gasteiger partial charge in [0.25, 0.3) is 0 Å². The number of amides is 1. The molecule has 7 saturated carbocycles. The summed E-state index contributed by atoms with van der Waals surface area (Å²) in [7, 11) is 4.14. The Hall–Kier alpha value is -3.35. The third-order valence-electron chi connectivity index (χ3n) is 22.2. The van der Waals surface area contributed by atoms with Gasteiger partial charge in [-0.15, -0.1) is 0 Å². The molecule has 17 rings (SSSR count). The van der Waals surface area contributed by atoms with Crippen molar-refractivity contribution in [3.05, 3.63) is 70.8 Å². The largest absolute Gasteiger partial charge is 0.504 e. The number of esters is 1. The molecule has 1 amide bonds. The number of ether oxygens (including phenoxy) is 2. The highest BCUT2D eigenvalue weighted by Crippen LogP contribution is 2.65.